The summed E-state index contributed by atoms with van der Waals surface area (Å²) in [4.78, 5) is 0. The summed E-state index contributed by atoms with van der Waals surface area (Å²) in [6.45, 7) is 10.3. The Labute approximate surface area is 99.9 Å². The second-order valence-electron chi connectivity index (χ2n) is 4.69. The molecule has 2 unspecified atom stereocenters. The normalized spacial score (nSPS) is 21.9. The van der Waals surface area contributed by atoms with Gasteiger partial charge in [-0.2, -0.15) is 0 Å². The van der Waals surface area contributed by atoms with Crippen LogP contribution >= 0.6 is 0 Å². The molecule has 16 heavy (non-hydrogen) atoms. The van der Waals surface area contributed by atoms with E-state index in [9.17, 15) is 0 Å². The summed E-state index contributed by atoms with van der Waals surface area (Å²) in [5, 5.41) is 3.52. The molecule has 0 aromatic heterocycles. The minimum Gasteiger partial charge on any atom is -0.381 e. The third-order valence-electron chi connectivity index (χ3n) is 3.48. The van der Waals surface area contributed by atoms with Gasteiger partial charge in [0, 0.05) is 19.3 Å². The van der Waals surface area contributed by atoms with E-state index in [0.717, 1.165) is 39.2 Å². The molecule has 0 aliphatic carbocycles. The average Bonchev–Trinajstić information content (AvgIpc) is 2.34. The topological polar surface area (TPSA) is 30.5 Å². The first-order valence-electron chi connectivity index (χ1n) is 6.70. The maximum absolute atomic E-state index is 5.98. The number of rotatable bonds is 7. The van der Waals surface area contributed by atoms with Crippen molar-refractivity contribution in [2.24, 2.45) is 5.92 Å². The predicted molar refractivity (Wildman–Crippen MR) is 66.7 cm³/mol. The van der Waals surface area contributed by atoms with Gasteiger partial charge in [-0.15, -0.1) is 0 Å². The van der Waals surface area contributed by atoms with Crippen LogP contribution in [-0.4, -0.2) is 38.5 Å². The van der Waals surface area contributed by atoms with Gasteiger partial charge in [-0.1, -0.05) is 27.2 Å². The van der Waals surface area contributed by atoms with Crippen LogP contribution in [0.15, 0.2) is 0 Å². The van der Waals surface area contributed by atoms with Gasteiger partial charge in [0.15, 0.2) is 0 Å². The van der Waals surface area contributed by atoms with Crippen molar-refractivity contribution in [2.45, 2.75) is 52.2 Å². The first-order chi connectivity index (χ1) is 7.77. The van der Waals surface area contributed by atoms with E-state index in [2.05, 4.69) is 26.1 Å². The maximum Gasteiger partial charge on any atom is 0.0626 e. The van der Waals surface area contributed by atoms with E-state index >= 15 is 0 Å². The largest absolute Gasteiger partial charge is 0.381 e. The van der Waals surface area contributed by atoms with E-state index in [1.165, 1.54) is 6.42 Å². The average molecular weight is 229 g/mol. The van der Waals surface area contributed by atoms with Crippen molar-refractivity contribution in [3.63, 3.8) is 0 Å². The molecule has 3 heteroatoms. The molecule has 0 radical (unpaired) electrons. The fraction of sp³-hybridized carbons (Fsp3) is 1.00. The number of hydrogen-bond donors (Lipinski definition) is 1. The second kappa shape index (κ2) is 8.04. The smallest absolute Gasteiger partial charge is 0.0626 e. The Balaban J connectivity index is 2.24. The first kappa shape index (κ1) is 13.9. The summed E-state index contributed by atoms with van der Waals surface area (Å²) < 4.78 is 11.3. The molecule has 0 aromatic carbocycles. The highest BCUT2D eigenvalue weighted by Gasteiger charge is 2.19. The summed E-state index contributed by atoms with van der Waals surface area (Å²) in [5.41, 5.74) is 0. The Morgan fingerprint density at radius 1 is 1.31 bits per heavy atom. The molecule has 0 spiro atoms. The van der Waals surface area contributed by atoms with Crippen molar-refractivity contribution in [1.82, 2.24) is 5.32 Å². The lowest BCUT2D eigenvalue weighted by molar-refractivity contribution is -0.0418. The molecule has 2 atom stereocenters. The third kappa shape index (κ3) is 4.81. The lowest BCUT2D eigenvalue weighted by atomic mass is 10.00. The van der Waals surface area contributed by atoms with Crippen LogP contribution in [0.5, 0.6) is 0 Å². The summed E-state index contributed by atoms with van der Waals surface area (Å²) in [5.74, 6) is 0.680. The summed E-state index contributed by atoms with van der Waals surface area (Å²) in [6, 6.07) is 0.498. The molecule has 96 valence electrons. The molecule has 1 aliphatic rings. The second-order valence-corrected chi connectivity index (χ2v) is 4.69. The molecule has 1 heterocycles. The zero-order valence-electron chi connectivity index (χ0n) is 11.0. The van der Waals surface area contributed by atoms with Crippen LogP contribution in [0.4, 0.5) is 0 Å². The molecule has 0 aromatic rings. The minimum atomic E-state index is 0.416. The van der Waals surface area contributed by atoms with Crippen molar-refractivity contribution in [2.75, 3.05) is 26.4 Å². The molecule has 0 bridgehead atoms. The highest BCUT2D eigenvalue weighted by atomic mass is 16.5. The maximum atomic E-state index is 5.98. The Kier molecular flexibility index (Phi) is 7.01. The Morgan fingerprint density at radius 2 is 2.00 bits per heavy atom. The molecule has 0 saturated carbocycles. The Hall–Kier alpha value is -0.120. The van der Waals surface area contributed by atoms with Gasteiger partial charge >= 0.3 is 0 Å². The highest BCUT2D eigenvalue weighted by Crippen LogP contribution is 2.14. The number of nitrogens with one attached hydrogen (secondary N) is 1. The van der Waals surface area contributed by atoms with E-state index in [1.54, 1.807) is 0 Å². The zero-order chi connectivity index (χ0) is 11.8. The van der Waals surface area contributed by atoms with Gasteiger partial charge < -0.3 is 14.8 Å². The molecule has 1 N–H and O–H groups in total. The van der Waals surface area contributed by atoms with E-state index in [1.807, 2.05) is 0 Å². The minimum absolute atomic E-state index is 0.416. The van der Waals surface area contributed by atoms with Crippen LogP contribution in [0, 0.1) is 5.92 Å². The summed E-state index contributed by atoms with van der Waals surface area (Å²) >= 11 is 0. The van der Waals surface area contributed by atoms with Crippen molar-refractivity contribution >= 4 is 0 Å². The van der Waals surface area contributed by atoms with Crippen molar-refractivity contribution < 1.29 is 9.47 Å². The zero-order valence-corrected chi connectivity index (χ0v) is 11.0. The van der Waals surface area contributed by atoms with E-state index in [4.69, 9.17) is 9.47 Å². The van der Waals surface area contributed by atoms with Crippen molar-refractivity contribution in [3.05, 3.63) is 0 Å². The van der Waals surface area contributed by atoms with Gasteiger partial charge in [0.1, 0.15) is 0 Å². The molecule has 1 fully saturated rings. The van der Waals surface area contributed by atoms with Crippen LogP contribution in [-0.2, 0) is 9.47 Å². The molecule has 0 amide bonds. The van der Waals surface area contributed by atoms with Gasteiger partial charge in [-0.25, -0.2) is 0 Å². The predicted octanol–water partition coefficient (Wildman–Crippen LogP) is 2.21. The number of likely N-dealkylation sites (N-methyl/N-ethyl adjacent to an activating group) is 1. The fourth-order valence-electron chi connectivity index (χ4n) is 2.05. The van der Waals surface area contributed by atoms with Crippen molar-refractivity contribution in [1.29, 1.82) is 0 Å². The van der Waals surface area contributed by atoms with Crippen LogP contribution < -0.4 is 5.32 Å². The molecule has 1 rings (SSSR count). The van der Waals surface area contributed by atoms with E-state index in [0.29, 0.717) is 18.1 Å². The molecule has 1 saturated heterocycles. The lowest BCUT2D eigenvalue weighted by Gasteiger charge is -2.28. The van der Waals surface area contributed by atoms with Crippen LogP contribution in [0.1, 0.15) is 40.0 Å². The van der Waals surface area contributed by atoms with E-state index in [-0.39, 0.29) is 0 Å². The van der Waals surface area contributed by atoms with Crippen LogP contribution in [0.25, 0.3) is 0 Å². The van der Waals surface area contributed by atoms with E-state index < -0.39 is 0 Å². The van der Waals surface area contributed by atoms with Crippen LogP contribution in [0.2, 0.25) is 0 Å². The molecular formula is C13H27NO2. The van der Waals surface area contributed by atoms with Gasteiger partial charge in [0.05, 0.1) is 12.7 Å². The molecular weight excluding hydrogens is 202 g/mol. The van der Waals surface area contributed by atoms with Gasteiger partial charge in [-0.3, -0.25) is 0 Å². The van der Waals surface area contributed by atoms with Gasteiger partial charge in [-0.05, 0) is 25.3 Å². The lowest BCUT2D eigenvalue weighted by Crippen LogP contribution is -2.40. The number of ether oxygens (including phenoxy) is 2. The quantitative estimate of drug-likeness (QED) is 0.726. The van der Waals surface area contributed by atoms with Crippen LogP contribution in [0.3, 0.4) is 0 Å². The monoisotopic (exact) mass is 229 g/mol. The molecule has 1 aliphatic heterocycles. The number of hydrogen-bond acceptors (Lipinski definition) is 3. The van der Waals surface area contributed by atoms with Gasteiger partial charge in [0.25, 0.3) is 0 Å². The SMILES string of the molecule is CCNC(COC1CCOCC1)C(C)CC. The van der Waals surface area contributed by atoms with Crippen molar-refractivity contribution in [3.8, 4) is 0 Å². The standard InChI is InChI=1S/C13H27NO2/c1-4-11(3)13(14-5-2)10-16-12-6-8-15-9-7-12/h11-14H,4-10H2,1-3H3. The molecule has 3 nitrogen and oxygen atoms in total. The summed E-state index contributed by atoms with van der Waals surface area (Å²) in [7, 11) is 0. The Morgan fingerprint density at radius 3 is 2.56 bits per heavy atom. The highest BCUT2D eigenvalue weighted by molar-refractivity contribution is 4.73. The fourth-order valence-corrected chi connectivity index (χ4v) is 2.05. The van der Waals surface area contributed by atoms with Gasteiger partial charge in [0.2, 0.25) is 0 Å². The third-order valence-corrected chi connectivity index (χ3v) is 3.48. The first-order valence-corrected chi connectivity index (χ1v) is 6.70. The Bertz CT molecular complexity index is 169. The summed E-state index contributed by atoms with van der Waals surface area (Å²) in [6.07, 6.45) is 3.73.